The Labute approximate surface area is 119 Å². The second-order valence-corrected chi connectivity index (χ2v) is 4.87. The summed E-state index contributed by atoms with van der Waals surface area (Å²) < 4.78 is 18.4. The van der Waals surface area contributed by atoms with Gasteiger partial charge in [0.15, 0.2) is 11.6 Å². The van der Waals surface area contributed by atoms with Gasteiger partial charge >= 0.3 is 5.97 Å². The van der Waals surface area contributed by atoms with Gasteiger partial charge < -0.3 is 15.2 Å². The van der Waals surface area contributed by atoms with Crippen molar-refractivity contribution >= 4 is 5.97 Å². The van der Waals surface area contributed by atoms with E-state index >= 15 is 0 Å². The summed E-state index contributed by atoms with van der Waals surface area (Å²) in [5.41, 5.74) is 0.000156. The van der Waals surface area contributed by atoms with Crippen molar-refractivity contribution in [2.75, 3.05) is 13.7 Å². The molecule has 0 aliphatic heterocycles. The van der Waals surface area contributed by atoms with Crippen LogP contribution >= 0.6 is 0 Å². The van der Waals surface area contributed by atoms with Crippen molar-refractivity contribution < 1.29 is 19.0 Å². The molecule has 0 fully saturated rings. The first kappa shape index (κ1) is 16.4. The molecule has 112 valence electrons. The van der Waals surface area contributed by atoms with E-state index in [-0.39, 0.29) is 5.75 Å². The number of aliphatic carboxylic acids is 1. The minimum atomic E-state index is -0.795. The van der Waals surface area contributed by atoms with Gasteiger partial charge in [-0.25, -0.2) is 4.39 Å². The van der Waals surface area contributed by atoms with Crippen molar-refractivity contribution in [3.8, 4) is 5.75 Å². The number of carboxylic acids is 1. The van der Waals surface area contributed by atoms with Gasteiger partial charge in [-0.05, 0) is 30.5 Å². The summed E-state index contributed by atoms with van der Waals surface area (Å²) >= 11 is 0. The van der Waals surface area contributed by atoms with Gasteiger partial charge in [-0.3, -0.25) is 4.79 Å². The number of halogens is 1. The number of carbonyl (C=O) groups is 1. The third-order valence-corrected chi connectivity index (χ3v) is 3.82. The van der Waals surface area contributed by atoms with Gasteiger partial charge in [-0.15, -0.1) is 0 Å². The number of nitrogens with one attached hydrogen (secondary N) is 1. The summed E-state index contributed by atoms with van der Waals surface area (Å²) in [6.45, 7) is 4.53. The zero-order valence-corrected chi connectivity index (χ0v) is 12.2. The maximum Gasteiger partial charge on any atom is 0.310 e. The minimum Gasteiger partial charge on any atom is -0.494 e. The summed E-state index contributed by atoms with van der Waals surface area (Å²) in [5, 5.41) is 12.4. The molecule has 0 radical (unpaired) electrons. The molecule has 4 nitrogen and oxygen atoms in total. The lowest BCUT2D eigenvalue weighted by Gasteiger charge is -2.27. The van der Waals surface area contributed by atoms with Crippen molar-refractivity contribution in [3.63, 3.8) is 0 Å². The fraction of sp³-hybridized carbons (Fsp3) is 0.533. The Kier molecular flexibility index (Phi) is 5.95. The van der Waals surface area contributed by atoms with Crippen molar-refractivity contribution in [2.24, 2.45) is 5.41 Å². The summed E-state index contributed by atoms with van der Waals surface area (Å²) in [6, 6.07) is 4.72. The number of hydrogen-bond donors (Lipinski definition) is 2. The third kappa shape index (κ3) is 3.70. The molecule has 20 heavy (non-hydrogen) atoms. The number of benzene rings is 1. The van der Waals surface area contributed by atoms with Crippen LogP contribution < -0.4 is 10.1 Å². The van der Waals surface area contributed by atoms with Gasteiger partial charge in [0.1, 0.15) is 0 Å². The topological polar surface area (TPSA) is 58.6 Å². The predicted octanol–water partition coefficient (Wildman–Crippen LogP) is 2.81. The maximum absolute atomic E-state index is 13.5. The van der Waals surface area contributed by atoms with E-state index in [1.54, 1.807) is 12.1 Å². The Morgan fingerprint density at radius 3 is 2.50 bits per heavy atom. The Bertz CT molecular complexity index is 458. The van der Waals surface area contributed by atoms with Gasteiger partial charge in [0.25, 0.3) is 0 Å². The highest BCUT2D eigenvalue weighted by atomic mass is 19.1. The summed E-state index contributed by atoms with van der Waals surface area (Å²) in [6.07, 6.45) is 1.12. The summed E-state index contributed by atoms with van der Waals surface area (Å²) in [4.78, 5) is 11.3. The van der Waals surface area contributed by atoms with E-state index < -0.39 is 17.2 Å². The molecule has 0 unspecified atom stereocenters. The smallest absolute Gasteiger partial charge is 0.310 e. The lowest BCUT2D eigenvalue weighted by molar-refractivity contribution is -0.149. The second-order valence-electron chi connectivity index (χ2n) is 4.87. The first-order chi connectivity index (χ1) is 9.49. The highest BCUT2D eigenvalue weighted by Gasteiger charge is 2.34. The molecule has 1 rings (SSSR count). The van der Waals surface area contributed by atoms with Crippen molar-refractivity contribution in [1.29, 1.82) is 0 Å². The first-order valence-corrected chi connectivity index (χ1v) is 6.75. The fourth-order valence-electron chi connectivity index (χ4n) is 2.14. The molecule has 0 bridgehead atoms. The fourth-order valence-corrected chi connectivity index (χ4v) is 2.14. The van der Waals surface area contributed by atoms with Crippen LogP contribution in [0.5, 0.6) is 5.75 Å². The standard InChI is InChI=1S/C15H22FNO3/c1-4-15(5-2,14(18)19)10-17-9-11-6-7-13(20-3)12(16)8-11/h6-8,17H,4-5,9-10H2,1-3H3,(H,18,19). The van der Waals surface area contributed by atoms with E-state index in [1.807, 2.05) is 13.8 Å². The number of hydrogen-bond acceptors (Lipinski definition) is 3. The van der Waals surface area contributed by atoms with Crippen molar-refractivity contribution in [2.45, 2.75) is 33.2 Å². The lowest BCUT2D eigenvalue weighted by atomic mass is 9.82. The van der Waals surface area contributed by atoms with Crippen LogP contribution in [0.4, 0.5) is 4.39 Å². The zero-order chi connectivity index (χ0) is 15.2. The minimum absolute atomic E-state index is 0.204. The quantitative estimate of drug-likeness (QED) is 0.770. The highest BCUT2D eigenvalue weighted by Crippen LogP contribution is 2.26. The average Bonchev–Trinajstić information content (AvgIpc) is 2.44. The molecule has 0 atom stereocenters. The van der Waals surface area contributed by atoms with E-state index in [0.29, 0.717) is 25.9 Å². The molecule has 1 aromatic rings. The molecule has 5 heteroatoms. The number of methoxy groups -OCH3 is 1. The molecular formula is C15H22FNO3. The Morgan fingerprint density at radius 2 is 2.05 bits per heavy atom. The molecular weight excluding hydrogens is 261 g/mol. The van der Waals surface area contributed by atoms with E-state index in [0.717, 1.165) is 5.56 Å². The van der Waals surface area contributed by atoms with Gasteiger partial charge in [-0.2, -0.15) is 0 Å². The van der Waals surface area contributed by atoms with Gasteiger partial charge in [0, 0.05) is 13.1 Å². The average molecular weight is 283 g/mol. The molecule has 0 saturated carbocycles. The van der Waals surface area contributed by atoms with Crippen molar-refractivity contribution in [3.05, 3.63) is 29.6 Å². The predicted molar refractivity (Wildman–Crippen MR) is 75.3 cm³/mol. The number of rotatable bonds is 8. The third-order valence-electron chi connectivity index (χ3n) is 3.82. The molecule has 1 aromatic carbocycles. The van der Waals surface area contributed by atoms with Gasteiger partial charge in [0.2, 0.25) is 0 Å². The van der Waals surface area contributed by atoms with Crippen LogP contribution in [-0.2, 0) is 11.3 Å². The molecule has 0 aliphatic carbocycles. The van der Waals surface area contributed by atoms with Crippen LogP contribution in [0.25, 0.3) is 0 Å². The Hall–Kier alpha value is -1.62. The van der Waals surface area contributed by atoms with Crippen LogP contribution in [-0.4, -0.2) is 24.7 Å². The lowest BCUT2D eigenvalue weighted by Crippen LogP contribution is -2.40. The highest BCUT2D eigenvalue weighted by molar-refractivity contribution is 5.74. The zero-order valence-electron chi connectivity index (χ0n) is 12.2. The summed E-state index contributed by atoms with van der Waals surface area (Å²) in [7, 11) is 1.42. The maximum atomic E-state index is 13.5. The SMILES string of the molecule is CCC(CC)(CNCc1ccc(OC)c(F)c1)C(=O)O. The first-order valence-electron chi connectivity index (χ1n) is 6.75. The molecule has 0 aromatic heterocycles. The molecule has 0 spiro atoms. The monoisotopic (exact) mass is 283 g/mol. The van der Waals surface area contributed by atoms with Crippen LogP contribution in [0.3, 0.4) is 0 Å². The van der Waals surface area contributed by atoms with Crippen LogP contribution in [0, 0.1) is 11.2 Å². The largest absolute Gasteiger partial charge is 0.494 e. The van der Waals surface area contributed by atoms with E-state index in [9.17, 15) is 14.3 Å². The summed E-state index contributed by atoms with van der Waals surface area (Å²) in [5.74, 6) is -1.01. The molecule has 0 heterocycles. The van der Waals surface area contributed by atoms with Gasteiger partial charge in [-0.1, -0.05) is 19.9 Å². The van der Waals surface area contributed by atoms with E-state index in [2.05, 4.69) is 5.32 Å². The number of carboxylic acid groups (broad SMARTS) is 1. The molecule has 0 amide bonds. The Balaban J connectivity index is 2.63. The van der Waals surface area contributed by atoms with Crippen molar-refractivity contribution in [1.82, 2.24) is 5.32 Å². The normalized spacial score (nSPS) is 11.4. The van der Waals surface area contributed by atoms with Crippen LogP contribution in [0.1, 0.15) is 32.3 Å². The van der Waals surface area contributed by atoms with Crippen LogP contribution in [0.15, 0.2) is 18.2 Å². The van der Waals surface area contributed by atoms with E-state index in [1.165, 1.54) is 13.2 Å². The molecule has 0 aliphatic rings. The Morgan fingerprint density at radius 1 is 1.40 bits per heavy atom. The molecule has 2 N–H and O–H groups in total. The van der Waals surface area contributed by atoms with Gasteiger partial charge in [0.05, 0.1) is 12.5 Å². The van der Waals surface area contributed by atoms with E-state index in [4.69, 9.17) is 4.74 Å². The molecule has 0 saturated heterocycles. The van der Waals surface area contributed by atoms with Crippen LogP contribution in [0.2, 0.25) is 0 Å². The number of ether oxygens (including phenoxy) is 1. The second kappa shape index (κ2) is 7.24.